The van der Waals surface area contributed by atoms with Crippen molar-refractivity contribution in [1.29, 1.82) is 0 Å². The van der Waals surface area contributed by atoms with Crippen molar-refractivity contribution in [2.24, 2.45) is 11.8 Å². The number of Topliss-reactive ketones (excluding diaryl/α,β-unsaturated/α-hetero) is 2. The van der Waals surface area contributed by atoms with Crippen LogP contribution in [0.15, 0.2) is 18.2 Å². The smallest absolute Gasteiger partial charge is 0.481 e. The van der Waals surface area contributed by atoms with Crippen molar-refractivity contribution in [3.63, 3.8) is 0 Å². The summed E-state index contributed by atoms with van der Waals surface area (Å²) in [5.41, 5.74) is -0.118. The van der Waals surface area contributed by atoms with Gasteiger partial charge in [-0.15, -0.1) is 0 Å². The molecule has 5 N–H and O–H groups in total. The molecule has 2 atom stereocenters. The molecule has 0 aliphatic carbocycles. The van der Waals surface area contributed by atoms with Crippen LogP contribution in [0.25, 0.3) is 0 Å². The molecule has 1 amide bonds. The fourth-order valence-electron chi connectivity index (χ4n) is 5.80. The zero-order valence-electron chi connectivity index (χ0n) is 29.4. The second-order valence-corrected chi connectivity index (χ2v) is 13.4. The first-order valence-electron chi connectivity index (χ1n) is 18.3. The normalized spacial score (nSPS) is 12.3. The Bertz CT molecular complexity index is 1150. The van der Waals surface area contributed by atoms with Crippen molar-refractivity contribution in [2.45, 2.75) is 148 Å². The van der Waals surface area contributed by atoms with Crippen molar-refractivity contribution >= 4 is 42.0 Å². The Morgan fingerprint density at radius 1 is 0.673 bits per heavy atom. The third-order valence-corrected chi connectivity index (χ3v) is 9.07. The zero-order valence-corrected chi connectivity index (χ0v) is 29.4. The molecular formula is C37H59BFNO9. The summed E-state index contributed by atoms with van der Waals surface area (Å²) in [6.07, 6.45) is 17.7. The van der Waals surface area contributed by atoms with Gasteiger partial charge in [-0.05, 0) is 44.2 Å². The topological polar surface area (TPSA) is 178 Å². The van der Waals surface area contributed by atoms with Crippen LogP contribution >= 0.6 is 0 Å². The summed E-state index contributed by atoms with van der Waals surface area (Å²) < 4.78 is 13.8. The van der Waals surface area contributed by atoms with E-state index >= 15 is 0 Å². The number of hydrogen-bond acceptors (Lipinski definition) is 7. The van der Waals surface area contributed by atoms with E-state index in [0.717, 1.165) is 76.7 Å². The van der Waals surface area contributed by atoms with Crippen molar-refractivity contribution in [3.8, 4) is 0 Å². The Hall–Kier alpha value is -3.12. The van der Waals surface area contributed by atoms with E-state index in [2.05, 4.69) is 5.32 Å². The van der Waals surface area contributed by atoms with Crippen LogP contribution in [0.1, 0.15) is 159 Å². The number of aliphatic carboxylic acids is 2. The second kappa shape index (κ2) is 26.7. The molecule has 0 saturated heterocycles. The van der Waals surface area contributed by atoms with Crippen molar-refractivity contribution < 1.29 is 48.6 Å². The number of nitrogens with one attached hydrogen (secondary N) is 1. The van der Waals surface area contributed by atoms with Gasteiger partial charge in [-0.25, -0.2) is 4.39 Å². The first kappa shape index (κ1) is 43.9. The van der Waals surface area contributed by atoms with Gasteiger partial charge in [0, 0.05) is 43.3 Å². The highest BCUT2D eigenvalue weighted by Gasteiger charge is 2.22. The van der Waals surface area contributed by atoms with Gasteiger partial charge in [-0.3, -0.25) is 24.0 Å². The maximum absolute atomic E-state index is 13.8. The van der Waals surface area contributed by atoms with Crippen LogP contribution in [0.4, 0.5) is 4.39 Å². The fourth-order valence-corrected chi connectivity index (χ4v) is 5.80. The zero-order chi connectivity index (χ0) is 36.4. The van der Waals surface area contributed by atoms with E-state index in [1.807, 2.05) is 0 Å². The van der Waals surface area contributed by atoms with Crippen molar-refractivity contribution in [1.82, 2.24) is 5.32 Å². The molecule has 0 heterocycles. The summed E-state index contributed by atoms with van der Waals surface area (Å²) in [5.74, 6) is -4.33. The molecule has 1 rings (SSSR count). The van der Waals surface area contributed by atoms with Crippen LogP contribution in [-0.2, 0) is 19.2 Å². The van der Waals surface area contributed by atoms with Crippen LogP contribution < -0.4 is 10.8 Å². The number of amides is 1. The fraction of sp³-hybridized carbons (Fsp3) is 0.703. The monoisotopic (exact) mass is 691 g/mol. The minimum atomic E-state index is -1.91. The number of unbranched alkanes of at least 4 members (excludes halogenated alkanes) is 14. The highest BCUT2D eigenvalue weighted by atomic mass is 19.1. The molecule has 0 radical (unpaired) electrons. The van der Waals surface area contributed by atoms with Gasteiger partial charge < -0.3 is 25.6 Å². The summed E-state index contributed by atoms with van der Waals surface area (Å²) in [6, 6.07) is 3.57. The molecule has 12 heteroatoms. The minimum absolute atomic E-state index is 0.00546. The number of benzene rings is 1. The Balaban J connectivity index is 1.97. The molecule has 0 aromatic heterocycles. The lowest BCUT2D eigenvalue weighted by molar-refractivity contribution is -0.144. The highest BCUT2D eigenvalue weighted by molar-refractivity contribution is 6.58. The van der Waals surface area contributed by atoms with Gasteiger partial charge in [0.1, 0.15) is 17.4 Å². The van der Waals surface area contributed by atoms with E-state index in [1.54, 1.807) is 6.92 Å². The van der Waals surface area contributed by atoms with Crippen molar-refractivity contribution in [3.05, 3.63) is 29.6 Å². The van der Waals surface area contributed by atoms with Crippen molar-refractivity contribution in [2.75, 3.05) is 6.54 Å². The van der Waals surface area contributed by atoms with E-state index in [9.17, 15) is 33.5 Å². The third-order valence-electron chi connectivity index (χ3n) is 9.07. The van der Waals surface area contributed by atoms with Gasteiger partial charge in [0.15, 0.2) is 0 Å². The first-order valence-corrected chi connectivity index (χ1v) is 18.3. The number of rotatable bonds is 31. The molecule has 0 spiro atoms. The van der Waals surface area contributed by atoms with Crippen LogP contribution in [-0.4, -0.2) is 63.3 Å². The van der Waals surface area contributed by atoms with E-state index in [4.69, 9.17) is 15.2 Å². The average molecular weight is 692 g/mol. The predicted octanol–water partition coefficient (Wildman–Crippen LogP) is 6.38. The average Bonchev–Trinajstić information content (AvgIpc) is 3.05. The Labute approximate surface area is 291 Å². The largest absolute Gasteiger partial charge is 0.491 e. The van der Waals surface area contributed by atoms with E-state index < -0.39 is 36.7 Å². The lowest BCUT2D eigenvalue weighted by Gasteiger charge is -2.11. The molecule has 0 unspecified atom stereocenters. The maximum Gasteiger partial charge on any atom is 0.491 e. The molecule has 0 saturated carbocycles. The molecule has 1 aromatic rings. The van der Waals surface area contributed by atoms with Gasteiger partial charge in [0.25, 0.3) is 5.91 Å². The van der Waals surface area contributed by atoms with Gasteiger partial charge in [0.05, 0.1) is 11.8 Å². The Morgan fingerprint density at radius 3 is 1.69 bits per heavy atom. The first-order chi connectivity index (χ1) is 23.4. The lowest BCUT2D eigenvalue weighted by atomic mass is 9.79. The quantitative estimate of drug-likeness (QED) is 0.0437. The molecule has 0 fully saturated rings. The molecule has 1 aromatic carbocycles. The molecule has 0 bridgehead atoms. The lowest BCUT2D eigenvalue weighted by Crippen LogP contribution is -2.33. The maximum atomic E-state index is 13.8. The molecule has 49 heavy (non-hydrogen) atoms. The van der Waals surface area contributed by atoms with Crippen LogP contribution in [0, 0.1) is 17.7 Å². The van der Waals surface area contributed by atoms with Crippen LogP contribution in [0.2, 0.25) is 0 Å². The van der Waals surface area contributed by atoms with Crippen LogP contribution in [0.5, 0.6) is 0 Å². The number of carbonyl (C=O) groups is 5. The number of carboxylic acids is 2. The number of halogens is 1. The summed E-state index contributed by atoms with van der Waals surface area (Å²) in [7, 11) is -1.91. The highest BCUT2D eigenvalue weighted by Crippen LogP contribution is 2.18. The summed E-state index contributed by atoms with van der Waals surface area (Å²) >= 11 is 0. The van der Waals surface area contributed by atoms with Gasteiger partial charge in [-0.2, -0.15) is 0 Å². The number of hydrogen-bond donors (Lipinski definition) is 5. The number of carboxylic acid groups (broad SMARTS) is 2. The van der Waals surface area contributed by atoms with Crippen LogP contribution in [0.3, 0.4) is 0 Å². The molecule has 10 nitrogen and oxygen atoms in total. The van der Waals surface area contributed by atoms with E-state index in [-0.39, 0.29) is 47.8 Å². The number of carbonyl (C=O) groups excluding carboxylic acids is 3. The predicted molar refractivity (Wildman–Crippen MR) is 188 cm³/mol. The second-order valence-electron chi connectivity index (χ2n) is 13.4. The van der Waals surface area contributed by atoms with Gasteiger partial charge >= 0.3 is 19.1 Å². The number of ketones is 2. The molecule has 276 valence electrons. The summed E-state index contributed by atoms with van der Waals surface area (Å²) in [4.78, 5) is 59.1. The van der Waals surface area contributed by atoms with Gasteiger partial charge in [0.2, 0.25) is 0 Å². The van der Waals surface area contributed by atoms with Gasteiger partial charge in [-0.1, -0.05) is 96.5 Å². The summed E-state index contributed by atoms with van der Waals surface area (Å²) in [6.45, 7) is 2.17. The molecular weight excluding hydrogens is 632 g/mol. The molecule has 0 aliphatic heterocycles. The Morgan fingerprint density at radius 2 is 1.18 bits per heavy atom. The van der Waals surface area contributed by atoms with E-state index in [1.165, 1.54) is 37.8 Å². The summed E-state index contributed by atoms with van der Waals surface area (Å²) in [5, 5.41) is 39.3. The van der Waals surface area contributed by atoms with E-state index in [0.29, 0.717) is 32.2 Å². The third kappa shape index (κ3) is 21.6. The Kier molecular flexibility index (Phi) is 23.9. The SMILES string of the molecule is C[C@@H](CCCCCC(=O)CC[C@H](CC(=O)CCCCCCCCCCCCCCCNC(=O)c1ccc(B(O)O)c(F)c1)C(=O)O)C(=O)O. The minimum Gasteiger partial charge on any atom is -0.481 e. The molecule has 0 aliphatic rings. The standard InChI is InChI=1S/C37H59BFNO9/c1-28(36(44)45)18-14-13-16-19-31(41)23-21-30(37(46)47)26-32(42)20-15-11-9-7-5-3-2-4-6-8-10-12-17-25-40-35(43)29-22-24-33(38(48)49)34(39)27-29/h22,24,27-28,30,48-49H,2-21,23,25-26H2,1H3,(H,40,43)(H,44,45)(H,46,47)/t28-,30+/m0/s1.